The summed E-state index contributed by atoms with van der Waals surface area (Å²) >= 11 is 0. The summed E-state index contributed by atoms with van der Waals surface area (Å²) in [7, 11) is 1.89. The van der Waals surface area contributed by atoms with Gasteiger partial charge in [-0.05, 0) is 30.5 Å². The summed E-state index contributed by atoms with van der Waals surface area (Å²) in [5.41, 5.74) is 4.41. The van der Waals surface area contributed by atoms with Gasteiger partial charge in [-0.1, -0.05) is 31.2 Å². The molecule has 0 aliphatic heterocycles. The first-order valence-corrected chi connectivity index (χ1v) is 6.03. The standard InChI is InChI=1S/C15H17NO2/c1-4-11-5-7-12(8-6-11)14-9-13(15(17)18)10(2)16(14)3/h5-9H,4H2,1-3H3,(H,17,18). The number of rotatable bonds is 3. The van der Waals surface area contributed by atoms with Crippen LogP contribution in [-0.2, 0) is 13.5 Å². The van der Waals surface area contributed by atoms with Gasteiger partial charge in [-0.2, -0.15) is 0 Å². The lowest BCUT2D eigenvalue weighted by Gasteiger charge is -2.06. The third kappa shape index (κ3) is 2.04. The molecule has 1 heterocycles. The lowest BCUT2D eigenvalue weighted by atomic mass is 10.1. The smallest absolute Gasteiger partial charge is 0.337 e. The third-order valence-corrected chi connectivity index (χ3v) is 3.42. The zero-order valence-electron chi connectivity index (χ0n) is 10.9. The molecule has 0 fully saturated rings. The van der Waals surface area contributed by atoms with E-state index >= 15 is 0 Å². The van der Waals surface area contributed by atoms with Crippen molar-refractivity contribution in [3.63, 3.8) is 0 Å². The van der Waals surface area contributed by atoms with Crippen molar-refractivity contribution >= 4 is 5.97 Å². The minimum absolute atomic E-state index is 0.368. The highest BCUT2D eigenvalue weighted by Crippen LogP contribution is 2.25. The van der Waals surface area contributed by atoms with Crippen LogP contribution >= 0.6 is 0 Å². The van der Waals surface area contributed by atoms with Gasteiger partial charge < -0.3 is 9.67 Å². The van der Waals surface area contributed by atoms with Crippen LogP contribution in [0.25, 0.3) is 11.3 Å². The molecule has 2 rings (SSSR count). The minimum Gasteiger partial charge on any atom is -0.478 e. The van der Waals surface area contributed by atoms with Crippen LogP contribution in [-0.4, -0.2) is 15.6 Å². The highest BCUT2D eigenvalue weighted by atomic mass is 16.4. The largest absolute Gasteiger partial charge is 0.478 e. The third-order valence-electron chi connectivity index (χ3n) is 3.42. The Morgan fingerprint density at radius 2 is 1.89 bits per heavy atom. The first-order valence-electron chi connectivity index (χ1n) is 6.03. The molecule has 18 heavy (non-hydrogen) atoms. The van der Waals surface area contributed by atoms with Crippen molar-refractivity contribution in [2.45, 2.75) is 20.3 Å². The summed E-state index contributed by atoms with van der Waals surface area (Å²) in [6.07, 6.45) is 1.01. The minimum atomic E-state index is -0.875. The van der Waals surface area contributed by atoms with Crippen LogP contribution in [0.5, 0.6) is 0 Å². The van der Waals surface area contributed by atoms with Crippen LogP contribution in [0.1, 0.15) is 28.5 Å². The Bertz CT molecular complexity index is 579. The summed E-state index contributed by atoms with van der Waals surface area (Å²) in [6, 6.07) is 9.98. The quantitative estimate of drug-likeness (QED) is 0.899. The van der Waals surface area contributed by atoms with Gasteiger partial charge in [0.05, 0.1) is 5.56 Å². The predicted molar refractivity (Wildman–Crippen MR) is 71.9 cm³/mol. The number of carboxylic acid groups (broad SMARTS) is 1. The first-order chi connectivity index (χ1) is 8.54. The lowest BCUT2D eigenvalue weighted by molar-refractivity contribution is 0.0696. The number of hydrogen-bond acceptors (Lipinski definition) is 1. The van der Waals surface area contributed by atoms with Crippen molar-refractivity contribution in [3.8, 4) is 11.3 Å². The molecule has 3 nitrogen and oxygen atoms in total. The van der Waals surface area contributed by atoms with E-state index in [1.165, 1.54) is 5.56 Å². The summed E-state index contributed by atoms with van der Waals surface area (Å²) in [5, 5.41) is 9.12. The highest BCUT2D eigenvalue weighted by molar-refractivity contribution is 5.91. The van der Waals surface area contributed by atoms with E-state index in [0.29, 0.717) is 5.56 Å². The zero-order chi connectivity index (χ0) is 13.3. The maximum Gasteiger partial charge on any atom is 0.337 e. The highest BCUT2D eigenvalue weighted by Gasteiger charge is 2.15. The topological polar surface area (TPSA) is 42.2 Å². The molecule has 94 valence electrons. The molecule has 0 saturated carbocycles. The summed E-state index contributed by atoms with van der Waals surface area (Å²) in [6.45, 7) is 3.94. The first kappa shape index (κ1) is 12.4. The van der Waals surface area contributed by atoms with Crippen LogP contribution in [0, 0.1) is 6.92 Å². The van der Waals surface area contributed by atoms with Gasteiger partial charge in [0.2, 0.25) is 0 Å². The number of nitrogens with zero attached hydrogens (tertiary/aromatic N) is 1. The molecule has 0 spiro atoms. The van der Waals surface area contributed by atoms with E-state index in [1.807, 2.05) is 30.7 Å². The predicted octanol–water partition coefficient (Wildman–Crippen LogP) is 3.26. The molecule has 0 bridgehead atoms. The van der Waals surface area contributed by atoms with Crippen molar-refractivity contribution < 1.29 is 9.90 Å². The van der Waals surface area contributed by atoms with Crippen LogP contribution in [0.15, 0.2) is 30.3 Å². The lowest BCUT2D eigenvalue weighted by Crippen LogP contribution is -1.99. The second kappa shape index (κ2) is 4.69. The van der Waals surface area contributed by atoms with Crippen LogP contribution in [0.3, 0.4) is 0 Å². The van der Waals surface area contributed by atoms with Crippen molar-refractivity contribution in [1.82, 2.24) is 4.57 Å². The van der Waals surface area contributed by atoms with Gasteiger partial charge in [-0.25, -0.2) is 4.79 Å². The van der Waals surface area contributed by atoms with Gasteiger partial charge in [-0.3, -0.25) is 0 Å². The van der Waals surface area contributed by atoms with Crippen LogP contribution in [0.2, 0.25) is 0 Å². The summed E-state index contributed by atoms with van der Waals surface area (Å²) in [4.78, 5) is 11.1. The molecular formula is C15H17NO2. The van der Waals surface area contributed by atoms with Crippen molar-refractivity contribution in [3.05, 3.63) is 47.2 Å². The number of aromatic nitrogens is 1. The molecule has 0 radical (unpaired) electrons. The van der Waals surface area contributed by atoms with Crippen LogP contribution < -0.4 is 0 Å². The second-order valence-electron chi connectivity index (χ2n) is 4.44. The second-order valence-corrected chi connectivity index (χ2v) is 4.44. The zero-order valence-corrected chi connectivity index (χ0v) is 10.9. The molecule has 2 aromatic rings. The molecule has 0 unspecified atom stereocenters. The Morgan fingerprint density at radius 3 is 2.33 bits per heavy atom. The molecule has 0 aliphatic carbocycles. The average Bonchev–Trinajstić information content (AvgIpc) is 2.67. The molecule has 1 aromatic heterocycles. The van der Waals surface area contributed by atoms with E-state index in [9.17, 15) is 4.79 Å². The SMILES string of the molecule is CCc1ccc(-c2cc(C(=O)O)c(C)n2C)cc1. The molecule has 1 aromatic carbocycles. The average molecular weight is 243 g/mol. The van der Waals surface area contributed by atoms with Gasteiger partial charge >= 0.3 is 5.97 Å². The van der Waals surface area contributed by atoms with E-state index in [0.717, 1.165) is 23.4 Å². The Morgan fingerprint density at radius 1 is 1.28 bits per heavy atom. The maximum atomic E-state index is 11.1. The Labute approximate surface area is 107 Å². The number of aromatic carboxylic acids is 1. The van der Waals surface area contributed by atoms with E-state index < -0.39 is 5.97 Å². The van der Waals surface area contributed by atoms with Gasteiger partial charge in [0.15, 0.2) is 0 Å². The molecule has 0 amide bonds. The van der Waals surface area contributed by atoms with E-state index in [-0.39, 0.29) is 0 Å². The normalized spacial score (nSPS) is 10.6. The Hall–Kier alpha value is -2.03. The monoisotopic (exact) mass is 243 g/mol. The van der Waals surface area contributed by atoms with E-state index in [2.05, 4.69) is 19.1 Å². The summed E-state index contributed by atoms with van der Waals surface area (Å²) < 4.78 is 1.92. The molecule has 1 N–H and O–H groups in total. The van der Waals surface area contributed by atoms with Gasteiger partial charge in [0.1, 0.15) is 0 Å². The number of carboxylic acids is 1. The Balaban J connectivity index is 2.50. The van der Waals surface area contributed by atoms with Gasteiger partial charge in [-0.15, -0.1) is 0 Å². The molecule has 0 atom stereocenters. The number of aryl methyl sites for hydroxylation is 1. The molecule has 0 aliphatic rings. The fourth-order valence-electron chi connectivity index (χ4n) is 2.10. The van der Waals surface area contributed by atoms with E-state index in [4.69, 9.17) is 5.11 Å². The van der Waals surface area contributed by atoms with Crippen molar-refractivity contribution in [2.75, 3.05) is 0 Å². The van der Waals surface area contributed by atoms with Gasteiger partial charge in [0, 0.05) is 18.4 Å². The molecular weight excluding hydrogens is 226 g/mol. The fourth-order valence-corrected chi connectivity index (χ4v) is 2.10. The fraction of sp³-hybridized carbons (Fsp3) is 0.267. The van der Waals surface area contributed by atoms with Gasteiger partial charge in [0.25, 0.3) is 0 Å². The molecule has 3 heteroatoms. The number of hydrogen-bond donors (Lipinski definition) is 1. The Kier molecular flexibility index (Phi) is 3.24. The van der Waals surface area contributed by atoms with E-state index in [1.54, 1.807) is 6.07 Å². The van der Waals surface area contributed by atoms with Crippen molar-refractivity contribution in [2.24, 2.45) is 7.05 Å². The maximum absolute atomic E-state index is 11.1. The number of benzene rings is 1. The van der Waals surface area contributed by atoms with Crippen molar-refractivity contribution in [1.29, 1.82) is 0 Å². The van der Waals surface area contributed by atoms with Crippen LogP contribution in [0.4, 0.5) is 0 Å². The molecule has 0 saturated heterocycles. The summed E-state index contributed by atoms with van der Waals surface area (Å²) in [5.74, 6) is -0.875. The number of carbonyl (C=O) groups is 1.